The molecule has 1 aliphatic rings. The topological polar surface area (TPSA) is 47.5 Å². The third-order valence-electron chi connectivity index (χ3n) is 5.12. The first-order chi connectivity index (χ1) is 12.8. The zero-order valence-electron chi connectivity index (χ0n) is 15.2. The van der Waals surface area contributed by atoms with Crippen molar-refractivity contribution in [3.8, 4) is 11.5 Å². The van der Waals surface area contributed by atoms with Crippen molar-refractivity contribution in [3.05, 3.63) is 54.2 Å². The number of hydrogen-bond acceptors (Lipinski definition) is 5. The van der Waals surface area contributed by atoms with Gasteiger partial charge in [0, 0.05) is 24.0 Å². The molecule has 1 saturated heterocycles. The van der Waals surface area contributed by atoms with Crippen LogP contribution in [-0.2, 0) is 6.42 Å². The highest BCUT2D eigenvalue weighted by atomic mass is 16.5. The number of anilines is 1. The van der Waals surface area contributed by atoms with Crippen LogP contribution >= 0.6 is 0 Å². The summed E-state index contributed by atoms with van der Waals surface area (Å²) in [5, 5.41) is 9.59. The van der Waals surface area contributed by atoms with Gasteiger partial charge in [0.2, 0.25) is 0 Å². The van der Waals surface area contributed by atoms with Crippen LogP contribution in [-0.4, -0.2) is 37.0 Å². The monoisotopic (exact) mass is 349 g/mol. The van der Waals surface area contributed by atoms with Crippen LogP contribution in [0.25, 0.3) is 10.9 Å². The SMILES string of the molecule is COc1cc2nncc(N3CCCC3Cc3ccccc3)c2cc1OC. The van der Waals surface area contributed by atoms with Crippen LogP contribution in [0.15, 0.2) is 48.7 Å². The first kappa shape index (κ1) is 16.6. The minimum Gasteiger partial charge on any atom is -0.493 e. The molecular formula is C21H23N3O2. The zero-order valence-corrected chi connectivity index (χ0v) is 15.2. The fourth-order valence-electron chi connectivity index (χ4n) is 3.85. The second-order valence-corrected chi connectivity index (χ2v) is 6.63. The zero-order chi connectivity index (χ0) is 17.9. The molecule has 1 aromatic heterocycles. The largest absolute Gasteiger partial charge is 0.493 e. The summed E-state index contributed by atoms with van der Waals surface area (Å²) < 4.78 is 10.9. The van der Waals surface area contributed by atoms with Crippen LogP contribution in [0.3, 0.4) is 0 Å². The van der Waals surface area contributed by atoms with Gasteiger partial charge >= 0.3 is 0 Å². The maximum Gasteiger partial charge on any atom is 0.162 e. The Balaban J connectivity index is 1.73. The molecule has 5 heteroatoms. The molecule has 1 fully saturated rings. The van der Waals surface area contributed by atoms with Crippen molar-refractivity contribution in [2.45, 2.75) is 25.3 Å². The number of benzene rings is 2. The van der Waals surface area contributed by atoms with Gasteiger partial charge in [-0.25, -0.2) is 0 Å². The van der Waals surface area contributed by atoms with Crippen molar-refractivity contribution in [2.75, 3.05) is 25.7 Å². The van der Waals surface area contributed by atoms with E-state index in [-0.39, 0.29) is 0 Å². The van der Waals surface area contributed by atoms with Gasteiger partial charge in [-0.3, -0.25) is 0 Å². The average molecular weight is 349 g/mol. The van der Waals surface area contributed by atoms with Crippen LogP contribution in [0.2, 0.25) is 0 Å². The van der Waals surface area contributed by atoms with Gasteiger partial charge in [-0.15, -0.1) is 0 Å². The minimum atomic E-state index is 0.470. The number of nitrogens with zero attached hydrogens (tertiary/aromatic N) is 3. The van der Waals surface area contributed by atoms with Crippen molar-refractivity contribution in [2.24, 2.45) is 0 Å². The highest BCUT2D eigenvalue weighted by Crippen LogP contribution is 2.37. The van der Waals surface area contributed by atoms with Crippen molar-refractivity contribution in [1.29, 1.82) is 0 Å². The molecule has 0 radical (unpaired) electrons. The van der Waals surface area contributed by atoms with Gasteiger partial charge in [0.25, 0.3) is 0 Å². The third-order valence-corrected chi connectivity index (χ3v) is 5.12. The Kier molecular flexibility index (Phi) is 4.61. The molecule has 26 heavy (non-hydrogen) atoms. The number of methoxy groups -OCH3 is 2. The summed E-state index contributed by atoms with van der Waals surface area (Å²) in [5.41, 5.74) is 3.31. The molecule has 0 amide bonds. The van der Waals surface area contributed by atoms with E-state index in [0.29, 0.717) is 17.5 Å². The minimum absolute atomic E-state index is 0.470. The summed E-state index contributed by atoms with van der Waals surface area (Å²) in [6, 6.07) is 15.1. The van der Waals surface area contributed by atoms with Crippen LogP contribution < -0.4 is 14.4 Å². The van der Waals surface area contributed by atoms with E-state index < -0.39 is 0 Å². The van der Waals surface area contributed by atoms with Crippen molar-refractivity contribution < 1.29 is 9.47 Å². The molecule has 5 nitrogen and oxygen atoms in total. The number of ether oxygens (including phenoxy) is 2. The van der Waals surface area contributed by atoms with Crippen LogP contribution in [0, 0.1) is 0 Å². The molecule has 1 unspecified atom stereocenters. The van der Waals surface area contributed by atoms with Crippen molar-refractivity contribution in [1.82, 2.24) is 10.2 Å². The smallest absolute Gasteiger partial charge is 0.162 e. The van der Waals surface area contributed by atoms with E-state index in [1.54, 1.807) is 14.2 Å². The van der Waals surface area contributed by atoms with E-state index in [4.69, 9.17) is 9.47 Å². The molecular weight excluding hydrogens is 326 g/mol. The Morgan fingerprint density at radius 1 is 1.08 bits per heavy atom. The lowest BCUT2D eigenvalue weighted by Gasteiger charge is -2.28. The Labute approximate surface area is 153 Å². The summed E-state index contributed by atoms with van der Waals surface area (Å²) in [6.45, 7) is 1.03. The number of fused-ring (bicyclic) bond motifs is 1. The molecule has 2 heterocycles. The molecule has 134 valence electrons. The molecule has 0 bridgehead atoms. The molecule has 0 spiro atoms. The molecule has 0 aliphatic carbocycles. The molecule has 1 atom stereocenters. The van der Waals surface area contributed by atoms with Gasteiger partial charge < -0.3 is 14.4 Å². The third kappa shape index (κ3) is 3.05. The first-order valence-electron chi connectivity index (χ1n) is 8.98. The molecule has 2 aromatic carbocycles. The number of hydrogen-bond donors (Lipinski definition) is 0. The van der Waals surface area contributed by atoms with Gasteiger partial charge in [0.15, 0.2) is 11.5 Å². The van der Waals surface area contributed by atoms with E-state index in [9.17, 15) is 0 Å². The van der Waals surface area contributed by atoms with Gasteiger partial charge in [-0.1, -0.05) is 30.3 Å². The summed E-state index contributed by atoms with van der Waals surface area (Å²) in [7, 11) is 3.30. The Bertz CT molecular complexity index is 898. The van der Waals surface area contributed by atoms with Gasteiger partial charge in [-0.05, 0) is 30.9 Å². The average Bonchev–Trinajstić information content (AvgIpc) is 3.15. The number of rotatable bonds is 5. The summed E-state index contributed by atoms with van der Waals surface area (Å²) in [4.78, 5) is 2.47. The second-order valence-electron chi connectivity index (χ2n) is 6.63. The van der Waals surface area contributed by atoms with Crippen molar-refractivity contribution in [3.63, 3.8) is 0 Å². The Hall–Kier alpha value is -2.82. The maximum atomic E-state index is 5.49. The van der Waals surface area contributed by atoms with Gasteiger partial charge in [-0.2, -0.15) is 10.2 Å². The van der Waals surface area contributed by atoms with E-state index in [0.717, 1.165) is 29.6 Å². The van der Waals surface area contributed by atoms with Crippen LogP contribution in [0.1, 0.15) is 18.4 Å². The van der Waals surface area contributed by atoms with E-state index in [2.05, 4.69) is 45.4 Å². The fraction of sp³-hybridized carbons (Fsp3) is 0.333. The molecule has 4 rings (SSSR count). The van der Waals surface area contributed by atoms with E-state index >= 15 is 0 Å². The summed E-state index contributed by atoms with van der Waals surface area (Å²) in [5.74, 6) is 1.39. The Morgan fingerprint density at radius 3 is 2.62 bits per heavy atom. The second kappa shape index (κ2) is 7.20. The standard InChI is InChI=1S/C21H23N3O2/c1-25-20-12-17-18(13-21(20)26-2)23-22-14-19(17)24-10-6-9-16(24)11-15-7-4-3-5-8-15/h3-5,7-8,12-14,16H,6,9-11H2,1-2H3. The van der Waals surface area contributed by atoms with Crippen LogP contribution in [0.4, 0.5) is 5.69 Å². The van der Waals surface area contributed by atoms with E-state index in [1.807, 2.05) is 18.3 Å². The lowest BCUT2D eigenvalue weighted by Crippen LogP contribution is -2.31. The summed E-state index contributed by atoms with van der Waals surface area (Å²) >= 11 is 0. The predicted molar refractivity (Wildman–Crippen MR) is 103 cm³/mol. The van der Waals surface area contributed by atoms with E-state index in [1.165, 1.54) is 18.4 Å². The normalized spacial score (nSPS) is 16.8. The highest BCUT2D eigenvalue weighted by Gasteiger charge is 2.27. The number of aromatic nitrogens is 2. The molecule has 3 aromatic rings. The quantitative estimate of drug-likeness (QED) is 0.700. The van der Waals surface area contributed by atoms with Crippen LogP contribution in [0.5, 0.6) is 11.5 Å². The highest BCUT2D eigenvalue weighted by molar-refractivity contribution is 5.93. The first-order valence-corrected chi connectivity index (χ1v) is 8.98. The van der Waals surface area contributed by atoms with Gasteiger partial charge in [0.1, 0.15) is 0 Å². The Morgan fingerprint density at radius 2 is 1.85 bits per heavy atom. The molecule has 0 N–H and O–H groups in total. The van der Waals surface area contributed by atoms with Crippen molar-refractivity contribution >= 4 is 16.6 Å². The fourth-order valence-corrected chi connectivity index (χ4v) is 3.85. The molecule has 0 saturated carbocycles. The lowest BCUT2D eigenvalue weighted by molar-refractivity contribution is 0.355. The lowest BCUT2D eigenvalue weighted by atomic mass is 10.0. The molecule has 1 aliphatic heterocycles. The predicted octanol–water partition coefficient (Wildman–Crippen LogP) is 3.86. The summed E-state index contributed by atoms with van der Waals surface area (Å²) in [6.07, 6.45) is 5.29. The van der Waals surface area contributed by atoms with Gasteiger partial charge in [0.05, 0.1) is 31.6 Å². The maximum absolute atomic E-state index is 5.49.